The van der Waals surface area contributed by atoms with Crippen molar-refractivity contribution in [1.29, 1.82) is 0 Å². The Morgan fingerprint density at radius 3 is 2.55 bits per heavy atom. The third kappa shape index (κ3) is 3.12. The zero-order valence-corrected chi connectivity index (χ0v) is 12.6. The maximum absolute atomic E-state index is 5.40. The highest BCUT2D eigenvalue weighted by Gasteiger charge is 2.23. The molecule has 1 unspecified atom stereocenters. The van der Waals surface area contributed by atoms with Crippen LogP contribution in [0.15, 0.2) is 61.1 Å². The van der Waals surface area contributed by atoms with Gasteiger partial charge in [-0.25, -0.2) is 0 Å². The third-order valence-electron chi connectivity index (χ3n) is 3.73. The second-order valence-electron chi connectivity index (χ2n) is 5.20. The van der Waals surface area contributed by atoms with Gasteiger partial charge in [0.1, 0.15) is 6.61 Å². The fraction of sp³-hybridized carbons (Fsp3) is 0.211. The summed E-state index contributed by atoms with van der Waals surface area (Å²) in [7, 11) is 0. The highest BCUT2D eigenvalue weighted by Crippen LogP contribution is 2.25. The average molecular weight is 290 g/mol. The number of hydrogen-bond donors (Lipinski definition) is 0. The Hall–Kier alpha value is -2.73. The molecule has 110 valence electrons. The molecule has 1 atom stereocenters. The van der Waals surface area contributed by atoms with E-state index in [0.717, 1.165) is 29.2 Å². The maximum atomic E-state index is 5.40. The minimum atomic E-state index is 0.158. The normalized spacial score (nSPS) is 15.0. The third-order valence-corrected chi connectivity index (χ3v) is 3.73. The van der Waals surface area contributed by atoms with Crippen LogP contribution in [0.2, 0.25) is 0 Å². The monoisotopic (exact) mass is 290 g/mol. The van der Waals surface area contributed by atoms with Crippen molar-refractivity contribution < 1.29 is 4.74 Å². The van der Waals surface area contributed by atoms with Crippen LogP contribution in [0.3, 0.4) is 0 Å². The lowest BCUT2D eigenvalue weighted by atomic mass is 10.1. The van der Waals surface area contributed by atoms with Gasteiger partial charge in [0, 0.05) is 17.3 Å². The van der Waals surface area contributed by atoms with Crippen LogP contribution in [0.1, 0.15) is 29.8 Å². The van der Waals surface area contributed by atoms with Crippen molar-refractivity contribution >= 4 is 0 Å². The van der Waals surface area contributed by atoms with Crippen LogP contribution in [-0.2, 0) is 4.74 Å². The zero-order chi connectivity index (χ0) is 15.4. The van der Waals surface area contributed by atoms with E-state index in [4.69, 9.17) is 4.74 Å². The quantitative estimate of drug-likeness (QED) is 0.793. The topological polar surface area (TPSA) is 25.4 Å². The molecule has 0 saturated carbocycles. The van der Waals surface area contributed by atoms with E-state index >= 15 is 0 Å². The number of aromatic nitrogens is 1. The molecule has 1 aliphatic rings. The van der Waals surface area contributed by atoms with Crippen molar-refractivity contribution in [3.63, 3.8) is 0 Å². The molecule has 1 saturated heterocycles. The number of ether oxygens (including phenoxy) is 1. The van der Waals surface area contributed by atoms with Crippen LogP contribution in [-0.4, -0.2) is 23.0 Å². The van der Waals surface area contributed by atoms with E-state index in [-0.39, 0.29) is 6.04 Å². The first-order chi connectivity index (χ1) is 10.7. The molecule has 1 fully saturated rings. The van der Waals surface area contributed by atoms with E-state index in [1.807, 2.05) is 48.7 Å². The molecule has 3 nitrogen and oxygen atoms in total. The predicted molar refractivity (Wildman–Crippen MR) is 86.9 cm³/mol. The molecule has 0 radical (unpaired) electrons. The predicted octanol–water partition coefficient (Wildman–Crippen LogP) is 3.35. The van der Waals surface area contributed by atoms with E-state index in [1.165, 1.54) is 0 Å². The minimum Gasteiger partial charge on any atom is -0.478 e. The van der Waals surface area contributed by atoms with Gasteiger partial charge in [0.15, 0.2) is 5.88 Å². The Morgan fingerprint density at radius 1 is 1.14 bits per heavy atom. The van der Waals surface area contributed by atoms with Gasteiger partial charge >= 0.3 is 0 Å². The molecule has 0 bridgehead atoms. The Bertz CT molecular complexity index is 711. The van der Waals surface area contributed by atoms with Gasteiger partial charge < -0.3 is 9.64 Å². The summed E-state index contributed by atoms with van der Waals surface area (Å²) in [5.41, 5.74) is 2.92. The maximum Gasteiger partial charge on any atom is 0.182 e. The highest BCUT2D eigenvalue weighted by atomic mass is 16.5. The second kappa shape index (κ2) is 6.36. The first kappa shape index (κ1) is 14.2. The van der Waals surface area contributed by atoms with Gasteiger partial charge in [0.05, 0.1) is 18.3 Å². The number of pyridine rings is 1. The first-order valence-electron chi connectivity index (χ1n) is 7.35. The standard InChI is InChI=1S/C19H18N2O/c1-15(21-12-13-22-16(21)2)19-11-10-18(14-20-19)9-8-17-6-4-3-5-7-17/h3-7,10-11,14-15H,2,12-13H2,1H3. The molecule has 1 aliphatic heterocycles. The van der Waals surface area contributed by atoms with Gasteiger partial charge in [-0.15, -0.1) is 0 Å². The molecular formula is C19H18N2O. The van der Waals surface area contributed by atoms with Crippen molar-refractivity contribution in [3.8, 4) is 11.8 Å². The number of nitrogens with zero attached hydrogens (tertiary/aromatic N) is 2. The number of hydrogen-bond acceptors (Lipinski definition) is 3. The molecule has 0 spiro atoms. The lowest BCUT2D eigenvalue weighted by Gasteiger charge is -2.24. The molecule has 3 rings (SSSR count). The molecule has 1 aromatic carbocycles. The van der Waals surface area contributed by atoms with Crippen LogP contribution in [0.5, 0.6) is 0 Å². The van der Waals surface area contributed by atoms with Crippen LogP contribution >= 0.6 is 0 Å². The molecule has 0 N–H and O–H groups in total. The summed E-state index contributed by atoms with van der Waals surface area (Å²) in [5.74, 6) is 7.00. The fourth-order valence-electron chi connectivity index (χ4n) is 2.43. The van der Waals surface area contributed by atoms with Crippen molar-refractivity contribution in [2.45, 2.75) is 13.0 Å². The summed E-state index contributed by atoms with van der Waals surface area (Å²) >= 11 is 0. The van der Waals surface area contributed by atoms with Gasteiger partial charge in [-0.05, 0) is 37.8 Å². The molecule has 2 heterocycles. The summed E-state index contributed by atoms with van der Waals surface area (Å²) < 4.78 is 5.40. The Kier molecular flexibility index (Phi) is 4.11. The van der Waals surface area contributed by atoms with E-state index in [2.05, 4.69) is 35.2 Å². The van der Waals surface area contributed by atoms with Crippen molar-refractivity contribution in [2.24, 2.45) is 0 Å². The molecule has 3 heteroatoms. The van der Waals surface area contributed by atoms with E-state index in [0.29, 0.717) is 6.61 Å². The zero-order valence-electron chi connectivity index (χ0n) is 12.6. The van der Waals surface area contributed by atoms with Crippen molar-refractivity contribution in [3.05, 3.63) is 77.9 Å². The van der Waals surface area contributed by atoms with Gasteiger partial charge in [-0.2, -0.15) is 0 Å². The number of rotatable bonds is 2. The highest BCUT2D eigenvalue weighted by molar-refractivity contribution is 5.41. The summed E-state index contributed by atoms with van der Waals surface area (Å²) in [6.45, 7) is 7.58. The largest absolute Gasteiger partial charge is 0.478 e. The SMILES string of the molecule is C=C1OCCN1C(C)c1ccc(C#Cc2ccccc2)cn1. The Balaban J connectivity index is 1.73. The molecule has 2 aromatic rings. The second-order valence-corrected chi connectivity index (χ2v) is 5.20. The summed E-state index contributed by atoms with van der Waals surface area (Å²) in [6.07, 6.45) is 1.82. The van der Waals surface area contributed by atoms with Gasteiger partial charge in [-0.1, -0.05) is 30.0 Å². The smallest absolute Gasteiger partial charge is 0.182 e. The van der Waals surface area contributed by atoms with Crippen LogP contribution < -0.4 is 0 Å². The molecule has 1 aromatic heterocycles. The van der Waals surface area contributed by atoms with E-state index in [9.17, 15) is 0 Å². The van der Waals surface area contributed by atoms with Crippen LogP contribution in [0.25, 0.3) is 0 Å². The first-order valence-corrected chi connectivity index (χ1v) is 7.35. The molecule has 22 heavy (non-hydrogen) atoms. The van der Waals surface area contributed by atoms with E-state index < -0.39 is 0 Å². The number of benzene rings is 1. The Morgan fingerprint density at radius 2 is 1.91 bits per heavy atom. The molecule has 0 amide bonds. The summed E-state index contributed by atoms with van der Waals surface area (Å²) in [4.78, 5) is 6.65. The van der Waals surface area contributed by atoms with Crippen molar-refractivity contribution in [2.75, 3.05) is 13.2 Å². The van der Waals surface area contributed by atoms with Gasteiger partial charge in [-0.3, -0.25) is 4.98 Å². The summed E-state index contributed by atoms with van der Waals surface area (Å²) in [6, 6.07) is 14.1. The average Bonchev–Trinajstić information content (AvgIpc) is 3.00. The van der Waals surface area contributed by atoms with Gasteiger partial charge in [0.25, 0.3) is 0 Å². The lowest BCUT2D eigenvalue weighted by molar-refractivity contribution is 0.213. The fourth-order valence-corrected chi connectivity index (χ4v) is 2.43. The van der Waals surface area contributed by atoms with Crippen LogP contribution in [0.4, 0.5) is 0 Å². The Labute approximate surface area is 131 Å². The lowest BCUT2D eigenvalue weighted by Crippen LogP contribution is -2.22. The van der Waals surface area contributed by atoms with Crippen LogP contribution in [0, 0.1) is 11.8 Å². The minimum absolute atomic E-state index is 0.158. The molecule has 0 aliphatic carbocycles. The summed E-state index contributed by atoms with van der Waals surface area (Å²) in [5, 5.41) is 0. The van der Waals surface area contributed by atoms with Crippen molar-refractivity contribution in [1.82, 2.24) is 9.88 Å². The van der Waals surface area contributed by atoms with E-state index in [1.54, 1.807) is 0 Å². The van der Waals surface area contributed by atoms with Gasteiger partial charge in [0.2, 0.25) is 0 Å². The molecular weight excluding hydrogens is 272 g/mol.